The molecule has 0 bridgehead atoms. The number of rotatable bonds is 6. The fourth-order valence-corrected chi connectivity index (χ4v) is 2.68. The molecule has 3 aromatic carbocycles. The fourth-order valence-electron chi connectivity index (χ4n) is 2.68. The lowest BCUT2D eigenvalue weighted by molar-refractivity contribution is -0.384. The third-order valence-electron chi connectivity index (χ3n) is 4.28. The molecule has 0 radical (unpaired) electrons. The van der Waals surface area contributed by atoms with E-state index in [1.54, 1.807) is 30.3 Å². The van der Waals surface area contributed by atoms with Crippen molar-refractivity contribution in [3.63, 3.8) is 0 Å². The molecule has 0 aromatic heterocycles. The van der Waals surface area contributed by atoms with Crippen LogP contribution in [0.3, 0.4) is 0 Å². The van der Waals surface area contributed by atoms with Crippen LogP contribution in [-0.4, -0.2) is 28.1 Å². The van der Waals surface area contributed by atoms with Crippen LogP contribution >= 0.6 is 0 Å². The summed E-state index contributed by atoms with van der Waals surface area (Å²) >= 11 is 0. The number of anilines is 1. The molecule has 3 N–H and O–H groups in total. The number of hydrogen-bond donors (Lipinski definition) is 3. The van der Waals surface area contributed by atoms with Crippen LogP contribution < -0.4 is 10.7 Å². The van der Waals surface area contributed by atoms with Crippen molar-refractivity contribution in [1.82, 2.24) is 5.43 Å². The molecule has 0 aliphatic heterocycles. The molecule has 0 fully saturated rings. The van der Waals surface area contributed by atoms with Crippen LogP contribution in [-0.2, 0) is 0 Å². The Morgan fingerprint density at radius 2 is 1.74 bits per heavy atom. The van der Waals surface area contributed by atoms with Gasteiger partial charge in [0.05, 0.1) is 11.1 Å². The quantitative estimate of drug-likeness (QED) is 0.319. The molecule has 0 heterocycles. The van der Waals surface area contributed by atoms with E-state index in [0.29, 0.717) is 11.3 Å². The van der Waals surface area contributed by atoms with Crippen LogP contribution in [0.4, 0.5) is 11.4 Å². The number of nitro benzene ring substituents is 1. The van der Waals surface area contributed by atoms with E-state index in [2.05, 4.69) is 15.8 Å². The van der Waals surface area contributed by atoms with Crippen LogP contribution in [0.5, 0.6) is 5.75 Å². The largest absolute Gasteiger partial charge is 0.507 e. The van der Waals surface area contributed by atoms with E-state index in [-0.39, 0.29) is 28.5 Å². The SMILES string of the molecule is Cc1cccc(C(=O)Nc2ccc(C(=O)N/N=C\c3cc([N+](=O)[O-])ccc3O)cc2)c1. The molecular formula is C22H18N4O5. The zero-order valence-corrected chi connectivity index (χ0v) is 16.4. The minimum atomic E-state index is -0.603. The van der Waals surface area contributed by atoms with Crippen molar-refractivity contribution in [2.45, 2.75) is 6.92 Å². The summed E-state index contributed by atoms with van der Waals surface area (Å²) in [7, 11) is 0. The minimum Gasteiger partial charge on any atom is -0.507 e. The average molecular weight is 418 g/mol. The number of hydrazone groups is 1. The van der Waals surface area contributed by atoms with Crippen LogP contribution in [0.1, 0.15) is 31.8 Å². The first-order valence-electron chi connectivity index (χ1n) is 9.12. The highest BCUT2D eigenvalue weighted by Gasteiger charge is 2.10. The number of nitro groups is 1. The lowest BCUT2D eigenvalue weighted by Gasteiger charge is -2.07. The van der Waals surface area contributed by atoms with Gasteiger partial charge in [-0.15, -0.1) is 0 Å². The minimum absolute atomic E-state index is 0.0868. The molecule has 0 saturated heterocycles. The zero-order chi connectivity index (χ0) is 22.4. The van der Waals surface area contributed by atoms with Gasteiger partial charge in [0.15, 0.2) is 0 Å². The predicted molar refractivity (Wildman–Crippen MR) is 115 cm³/mol. The second-order valence-corrected chi connectivity index (χ2v) is 6.60. The Labute approximate surface area is 177 Å². The van der Waals surface area contributed by atoms with Crippen molar-refractivity contribution in [2.75, 3.05) is 5.32 Å². The van der Waals surface area contributed by atoms with Gasteiger partial charge in [-0.2, -0.15) is 5.10 Å². The highest BCUT2D eigenvalue weighted by molar-refractivity contribution is 6.04. The number of aryl methyl sites for hydroxylation is 1. The van der Waals surface area contributed by atoms with Crippen LogP contribution in [0.25, 0.3) is 0 Å². The lowest BCUT2D eigenvalue weighted by Crippen LogP contribution is -2.18. The second-order valence-electron chi connectivity index (χ2n) is 6.60. The first-order chi connectivity index (χ1) is 14.8. The average Bonchev–Trinajstić information content (AvgIpc) is 2.75. The number of phenolic OH excluding ortho intramolecular Hbond substituents is 1. The number of amides is 2. The summed E-state index contributed by atoms with van der Waals surface area (Å²) in [6.07, 6.45) is 1.11. The topological polar surface area (TPSA) is 134 Å². The number of carbonyl (C=O) groups excluding carboxylic acids is 2. The molecule has 0 aliphatic carbocycles. The second kappa shape index (κ2) is 9.31. The maximum Gasteiger partial charge on any atom is 0.271 e. The maximum absolute atomic E-state index is 12.3. The maximum atomic E-state index is 12.3. The number of phenols is 1. The van der Waals surface area contributed by atoms with E-state index in [9.17, 15) is 24.8 Å². The summed E-state index contributed by atoms with van der Waals surface area (Å²) in [6.45, 7) is 1.90. The molecule has 31 heavy (non-hydrogen) atoms. The van der Waals surface area contributed by atoms with Crippen molar-refractivity contribution in [2.24, 2.45) is 5.10 Å². The van der Waals surface area contributed by atoms with E-state index in [1.165, 1.54) is 18.2 Å². The Bertz CT molecular complexity index is 1170. The van der Waals surface area contributed by atoms with Crippen molar-refractivity contribution in [3.8, 4) is 5.75 Å². The van der Waals surface area contributed by atoms with Gasteiger partial charge in [0.1, 0.15) is 5.75 Å². The number of benzene rings is 3. The molecule has 0 saturated carbocycles. The molecular weight excluding hydrogens is 400 g/mol. The predicted octanol–water partition coefficient (Wildman–Crippen LogP) is 3.63. The van der Waals surface area contributed by atoms with Gasteiger partial charge in [-0.1, -0.05) is 17.7 Å². The van der Waals surface area contributed by atoms with Crippen LogP contribution in [0.15, 0.2) is 71.8 Å². The highest BCUT2D eigenvalue weighted by Crippen LogP contribution is 2.21. The molecule has 9 heteroatoms. The van der Waals surface area contributed by atoms with Gasteiger partial charge in [0.2, 0.25) is 0 Å². The monoisotopic (exact) mass is 418 g/mol. The molecule has 156 valence electrons. The first kappa shape index (κ1) is 21.2. The van der Waals surface area contributed by atoms with E-state index in [1.807, 2.05) is 13.0 Å². The van der Waals surface area contributed by atoms with Crippen molar-refractivity contribution in [1.29, 1.82) is 0 Å². The zero-order valence-electron chi connectivity index (χ0n) is 16.4. The standard InChI is InChI=1S/C22H18N4O5/c1-14-3-2-4-16(11-14)21(28)24-18-7-5-15(6-8-18)22(29)25-23-13-17-12-19(26(30)31)9-10-20(17)27/h2-13,27H,1H3,(H,24,28)(H,25,29)/b23-13-. The van der Waals surface area contributed by atoms with Gasteiger partial charge < -0.3 is 10.4 Å². The van der Waals surface area contributed by atoms with Crippen LogP contribution in [0.2, 0.25) is 0 Å². The van der Waals surface area contributed by atoms with Gasteiger partial charge in [0, 0.05) is 34.5 Å². The number of hydrogen-bond acceptors (Lipinski definition) is 6. The fraction of sp³-hybridized carbons (Fsp3) is 0.0455. The van der Waals surface area contributed by atoms with E-state index in [4.69, 9.17) is 0 Å². The van der Waals surface area contributed by atoms with Crippen molar-refractivity contribution in [3.05, 3.63) is 99.1 Å². The number of non-ortho nitro benzene ring substituents is 1. The molecule has 0 spiro atoms. The van der Waals surface area contributed by atoms with E-state index >= 15 is 0 Å². The Kier molecular flexibility index (Phi) is 6.36. The van der Waals surface area contributed by atoms with Gasteiger partial charge in [0.25, 0.3) is 17.5 Å². The normalized spacial score (nSPS) is 10.6. The Morgan fingerprint density at radius 3 is 2.42 bits per heavy atom. The third kappa shape index (κ3) is 5.51. The number of nitrogens with one attached hydrogen (secondary N) is 2. The Morgan fingerprint density at radius 1 is 1.00 bits per heavy atom. The smallest absolute Gasteiger partial charge is 0.271 e. The molecule has 0 atom stereocenters. The molecule has 0 unspecified atom stereocenters. The van der Waals surface area contributed by atoms with Gasteiger partial charge in [-0.25, -0.2) is 5.43 Å². The number of aromatic hydroxyl groups is 1. The molecule has 0 aliphatic rings. The molecule has 9 nitrogen and oxygen atoms in total. The molecule has 2 amide bonds. The van der Waals surface area contributed by atoms with Gasteiger partial charge >= 0.3 is 0 Å². The Balaban J connectivity index is 1.62. The summed E-state index contributed by atoms with van der Waals surface area (Å²) in [5, 5.41) is 27.0. The summed E-state index contributed by atoms with van der Waals surface area (Å²) in [5.74, 6) is -1.00. The van der Waals surface area contributed by atoms with Gasteiger partial charge in [-0.05, 0) is 49.4 Å². The molecule has 3 aromatic rings. The first-order valence-corrected chi connectivity index (χ1v) is 9.12. The third-order valence-corrected chi connectivity index (χ3v) is 4.28. The van der Waals surface area contributed by atoms with E-state index < -0.39 is 10.8 Å². The summed E-state index contributed by atoms with van der Waals surface area (Å²) in [4.78, 5) is 34.7. The van der Waals surface area contributed by atoms with Crippen molar-refractivity contribution < 1.29 is 19.6 Å². The highest BCUT2D eigenvalue weighted by atomic mass is 16.6. The number of carbonyl (C=O) groups is 2. The van der Waals surface area contributed by atoms with Gasteiger partial charge in [-0.3, -0.25) is 19.7 Å². The van der Waals surface area contributed by atoms with Crippen molar-refractivity contribution >= 4 is 29.4 Å². The molecule has 3 rings (SSSR count). The Hall–Kier alpha value is -4.53. The lowest BCUT2D eigenvalue weighted by atomic mass is 10.1. The summed E-state index contributed by atoms with van der Waals surface area (Å²) in [5.41, 5.74) is 4.46. The number of nitrogens with zero attached hydrogens (tertiary/aromatic N) is 2. The summed E-state index contributed by atoms with van der Waals surface area (Å²) in [6, 6.07) is 16.8. The summed E-state index contributed by atoms with van der Waals surface area (Å²) < 4.78 is 0. The van der Waals surface area contributed by atoms with E-state index in [0.717, 1.165) is 23.9 Å². The van der Waals surface area contributed by atoms with Crippen LogP contribution in [0, 0.1) is 17.0 Å².